The maximum atomic E-state index is 12.9. The minimum atomic E-state index is -0.320. The molecule has 0 aliphatic carbocycles. The van der Waals surface area contributed by atoms with E-state index in [-0.39, 0.29) is 18.2 Å². The van der Waals surface area contributed by atoms with Gasteiger partial charge in [0, 0.05) is 18.4 Å². The summed E-state index contributed by atoms with van der Waals surface area (Å²) in [5.74, 6) is 0.844. The van der Waals surface area contributed by atoms with Crippen LogP contribution in [0, 0.1) is 19.7 Å². The van der Waals surface area contributed by atoms with Crippen LogP contribution < -0.4 is 4.74 Å². The molecule has 0 unspecified atom stereocenters. The highest BCUT2D eigenvalue weighted by Crippen LogP contribution is 2.23. The van der Waals surface area contributed by atoms with Gasteiger partial charge in [0.15, 0.2) is 0 Å². The van der Waals surface area contributed by atoms with Crippen molar-refractivity contribution in [1.29, 1.82) is 0 Å². The molecule has 26 heavy (non-hydrogen) atoms. The van der Waals surface area contributed by atoms with Gasteiger partial charge in [-0.05, 0) is 55.7 Å². The molecule has 0 atom stereocenters. The van der Waals surface area contributed by atoms with Gasteiger partial charge in [-0.15, -0.1) is 0 Å². The van der Waals surface area contributed by atoms with Crippen LogP contribution in [0.5, 0.6) is 5.75 Å². The standard InChI is InChI=1S/C20H19FN2O3/c1-13-5-3-6-14(2)19(13)25-18(24)8-4-7-17-22-20(23-26-17)15-9-11-16(21)12-10-15/h3,5-6,9-12H,4,7-8H2,1-2H3. The molecule has 0 amide bonds. The quantitative estimate of drug-likeness (QED) is 0.484. The second kappa shape index (κ2) is 7.91. The van der Waals surface area contributed by atoms with Gasteiger partial charge in [-0.3, -0.25) is 4.79 Å². The molecule has 1 aromatic heterocycles. The number of carbonyl (C=O) groups excluding carboxylic acids is 1. The second-order valence-electron chi connectivity index (χ2n) is 6.07. The van der Waals surface area contributed by atoms with Crippen molar-refractivity contribution in [3.63, 3.8) is 0 Å². The first-order valence-corrected chi connectivity index (χ1v) is 8.38. The molecule has 0 saturated carbocycles. The third-order valence-corrected chi connectivity index (χ3v) is 3.97. The van der Waals surface area contributed by atoms with Gasteiger partial charge in [-0.2, -0.15) is 4.98 Å². The fourth-order valence-corrected chi connectivity index (χ4v) is 2.58. The molecular weight excluding hydrogens is 335 g/mol. The molecule has 0 fully saturated rings. The van der Waals surface area contributed by atoms with Crippen LogP contribution in [-0.2, 0) is 11.2 Å². The van der Waals surface area contributed by atoms with Gasteiger partial charge in [0.05, 0.1) is 0 Å². The Bertz CT molecular complexity index is 883. The monoisotopic (exact) mass is 354 g/mol. The summed E-state index contributed by atoms with van der Waals surface area (Å²) < 4.78 is 23.6. The van der Waals surface area contributed by atoms with Crippen LogP contribution in [0.15, 0.2) is 47.0 Å². The molecule has 0 N–H and O–H groups in total. The topological polar surface area (TPSA) is 65.2 Å². The zero-order chi connectivity index (χ0) is 18.5. The first kappa shape index (κ1) is 17.8. The largest absolute Gasteiger partial charge is 0.426 e. The number of hydrogen-bond donors (Lipinski definition) is 0. The number of ether oxygens (including phenoxy) is 1. The lowest BCUT2D eigenvalue weighted by Crippen LogP contribution is -2.10. The maximum absolute atomic E-state index is 12.9. The Morgan fingerprint density at radius 1 is 1.12 bits per heavy atom. The number of aromatic nitrogens is 2. The van der Waals surface area contributed by atoms with Crippen LogP contribution in [0.1, 0.15) is 29.9 Å². The Morgan fingerprint density at radius 2 is 1.81 bits per heavy atom. The fraction of sp³-hybridized carbons (Fsp3) is 0.250. The van der Waals surface area contributed by atoms with Crippen molar-refractivity contribution in [2.75, 3.05) is 0 Å². The van der Waals surface area contributed by atoms with E-state index < -0.39 is 0 Å². The van der Waals surface area contributed by atoms with Gasteiger partial charge in [0.1, 0.15) is 11.6 Å². The highest BCUT2D eigenvalue weighted by Gasteiger charge is 2.12. The molecule has 0 aliphatic heterocycles. The van der Waals surface area contributed by atoms with E-state index in [9.17, 15) is 9.18 Å². The Hall–Kier alpha value is -3.02. The second-order valence-corrected chi connectivity index (χ2v) is 6.07. The van der Waals surface area contributed by atoms with Gasteiger partial charge in [0.25, 0.3) is 0 Å². The van der Waals surface area contributed by atoms with Crippen LogP contribution in [0.4, 0.5) is 4.39 Å². The van der Waals surface area contributed by atoms with Crippen molar-refractivity contribution in [1.82, 2.24) is 10.1 Å². The van der Waals surface area contributed by atoms with E-state index in [4.69, 9.17) is 9.26 Å². The number of hydrogen-bond acceptors (Lipinski definition) is 5. The molecule has 2 aromatic carbocycles. The van der Waals surface area contributed by atoms with Crippen molar-refractivity contribution in [2.45, 2.75) is 33.1 Å². The van der Waals surface area contributed by atoms with E-state index in [0.717, 1.165) is 11.1 Å². The van der Waals surface area contributed by atoms with E-state index in [0.29, 0.717) is 35.9 Å². The lowest BCUT2D eigenvalue weighted by Gasteiger charge is -2.09. The average molecular weight is 354 g/mol. The molecule has 0 saturated heterocycles. The smallest absolute Gasteiger partial charge is 0.311 e. The van der Waals surface area contributed by atoms with E-state index in [1.54, 1.807) is 12.1 Å². The zero-order valence-corrected chi connectivity index (χ0v) is 14.7. The van der Waals surface area contributed by atoms with E-state index in [2.05, 4.69) is 10.1 Å². The summed E-state index contributed by atoms with van der Waals surface area (Å²) in [7, 11) is 0. The number of rotatable bonds is 6. The SMILES string of the molecule is Cc1cccc(C)c1OC(=O)CCCc1nc(-c2ccc(F)cc2)no1. The van der Waals surface area contributed by atoms with Crippen LogP contribution in [-0.4, -0.2) is 16.1 Å². The molecule has 1 heterocycles. The Labute approximate surface area is 150 Å². The van der Waals surface area contributed by atoms with Gasteiger partial charge in [-0.25, -0.2) is 4.39 Å². The van der Waals surface area contributed by atoms with Crippen LogP contribution in [0.25, 0.3) is 11.4 Å². The summed E-state index contributed by atoms with van der Waals surface area (Å²) in [6.07, 6.45) is 1.26. The molecule has 0 aliphatic rings. The lowest BCUT2D eigenvalue weighted by molar-refractivity contribution is -0.134. The Balaban J connectivity index is 1.52. The van der Waals surface area contributed by atoms with Crippen LogP contribution in [0.2, 0.25) is 0 Å². The van der Waals surface area contributed by atoms with Gasteiger partial charge < -0.3 is 9.26 Å². The fourth-order valence-electron chi connectivity index (χ4n) is 2.58. The summed E-state index contributed by atoms with van der Waals surface area (Å²) in [4.78, 5) is 16.3. The third kappa shape index (κ3) is 4.33. The minimum Gasteiger partial charge on any atom is -0.426 e. The molecule has 0 spiro atoms. The first-order valence-electron chi connectivity index (χ1n) is 8.38. The number of carbonyl (C=O) groups is 1. The first-order chi connectivity index (χ1) is 12.5. The van der Waals surface area contributed by atoms with Crippen molar-refractivity contribution in [3.8, 4) is 17.1 Å². The van der Waals surface area contributed by atoms with Gasteiger partial charge >= 0.3 is 5.97 Å². The number of para-hydroxylation sites is 1. The van der Waals surface area contributed by atoms with Crippen molar-refractivity contribution >= 4 is 5.97 Å². The summed E-state index contributed by atoms with van der Waals surface area (Å²) in [6, 6.07) is 11.6. The Morgan fingerprint density at radius 3 is 2.50 bits per heavy atom. The zero-order valence-electron chi connectivity index (χ0n) is 14.7. The summed E-state index contributed by atoms with van der Waals surface area (Å²) >= 11 is 0. The number of esters is 1. The molecule has 6 heteroatoms. The number of aryl methyl sites for hydroxylation is 3. The van der Waals surface area contributed by atoms with Crippen molar-refractivity contribution in [2.24, 2.45) is 0 Å². The number of nitrogens with zero attached hydrogens (tertiary/aromatic N) is 2. The third-order valence-electron chi connectivity index (χ3n) is 3.97. The number of halogens is 1. The predicted molar refractivity (Wildman–Crippen MR) is 94.2 cm³/mol. The maximum Gasteiger partial charge on any atom is 0.311 e. The van der Waals surface area contributed by atoms with Crippen molar-refractivity contribution < 1.29 is 18.4 Å². The molecule has 3 aromatic rings. The molecule has 0 radical (unpaired) electrons. The molecule has 5 nitrogen and oxygen atoms in total. The van der Waals surface area contributed by atoms with E-state index >= 15 is 0 Å². The van der Waals surface area contributed by atoms with Crippen LogP contribution in [0.3, 0.4) is 0 Å². The lowest BCUT2D eigenvalue weighted by atomic mass is 10.1. The summed E-state index contributed by atoms with van der Waals surface area (Å²) in [6.45, 7) is 3.82. The molecule has 134 valence electrons. The molecule has 3 rings (SSSR count). The van der Waals surface area contributed by atoms with Crippen molar-refractivity contribution in [3.05, 3.63) is 65.3 Å². The van der Waals surface area contributed by atoms with E-state index in [1.807, 2.05) is 32.0 Å². The highest BCUT2D eigenvalue weighted by atomic mass is 19.1. The van der Waals surface area contributed by atoms with E-state index in [1.165, 1.54) is 12.1 Å². The normalized spacial score (nSPS) is 10.7. The van der Waals surface area contributed by atoms with Crippen LogP contribution >= 0.6 is 0 Å². The number of benzene rings is 2. The summed E-state index contributed by atoms with van der Waals surface area (Å²) in [5.41, 5.74) is 2.54. The molecular formula is C20H19FN2O3. The molecule has 0 bridgehead atoms. The Kier molecular flexibility index (Phi) is 5.41. The van der Waals surface area contributed by atoms with Gasteiger partial charge in [-0.1, -0.05) is 23.4 Å². The minimum absolute atomic E-state index is 0.252. The average Bonchev–Trinajstić information content (AvgIpc) is 3.08. The van der Waals surface area contributed by atoms with Gasteiger partial charge in [0.2, 0.25) is 11.7 Å². The highest BCUT2D eigenvalue weighted by molar-refractivity contribution is 5.73. The summed E-state index contributed by atoms with van der Waals surface area (Å²) in [5, 5.41) is 3.88. The predicted octanol–water partition coefficient (Wildman–Crippen LogP) is 4.42.